The fourth-order valence-corrected chi connectivity index (χ4v) is 3.95. The zero-order valence-corrected chi connectivity index (χ0v) is 16.3. The van der Waals surface area contributed by atoms with E-state index in [0.29, 0.717) is 28.9 Å². The molecule has 0 bridgehead atoms. The van der Waals surface area contributed by atoms with Gasteiger partial charge in [-0.25, -0.2) is 18.8 Å². The second kappa shape index (κ2) is 7.44. The molecule has 0 radical (unpaired) electrons. The fourth-order valence-electron chi connectivity index (χ4n) is 3.95. The summed E-state index contributed by atoms with van der Waals surface area (Å²) in [6.07, 6.45) is 3.10. The first-order valence-corrected chi connectivity index (χ1v) is 9.51. The number of aromatic nitrogens is 2. The predicted octanol–water partition coefficient (Wildman–Crippen LogP) is 3.43. The van der Waals surface area contributed by atoms with Crippen LogP contribution in [0.25, 0.3) is 0 Å². The number of H-pyrrole nitrogens is 1. The molecule has 0 saturated heterocycles. The number of halogens is 3. The summed E-state index contributed by atoms with van der Waals surface area (Å²) in [5.74, 6) is -1.50. The van der Waals surface area contributed by atoms with Gasteiger partial charge in [-0.3, -0.25) is 4.79 Å². The highest BCUT2D eigenvalue weighted by Crippen LogP contribution is 2.41. The Kier molecular flexibility index (Phi) is 4.93. The molecule has 0 amide bonds. The molecule has 0 saturated carbocycles. The number of hydrogen-bond donors (Lipinski definition) is 2. The molecule has 30 heavy (non-hydrogen) atoms. The first-order valence-electron chi connectivity index (χ1n) is 9.51. The summed E-state index contributed by atoms with van der Waals surface area (Å²) < 4.78 is 41.5. The molecular weight excluding hydrogens is 393 g/mol. The summed E-state index contributed by atoms with van der Waals surface area (Å²) in [7, 11) is 0. The molecule has 0 spiro atoms. The number of aromatic amines is 1. The van der Waals surface area contributed by atoms with E-state index in [4.69, 9.17) is 4.99 Å². The Bertz CT molecular complexity index is 1120. The molecular formula is C22H19F3N4O. The van der Waals surface area contributed by atoms with Crippen molar-refractivity contribution in [1.29, 1.82) is 0 Å². The highest BCUT2D eigenvalue weighted by molar-refractivity contribution is 6.02. The maximum absolute atomic E-state index is 14.4. The quantitative estimate of drug-likeness (QED) is 0.645. The minimum Gasteiger partial charge on any atom is -0.364 e. The van der Waals surface area contributed by atoms with Gasteiger partial charge in [-0.05, 0) is 37.1 Å². The highest BCUT2D eigenvalue weighted by atomic mass is 19.1. The molecule has 2 atom stereocenters. The van der Waals surface area contributed by atoms with Gasteiger partial charge in [0.15, 0.2) is 5.82 Å². The Hall–Kier alpha value is -3.42. The third-order valence-corrected chi connectivity index (χ3v) is 5.47. The second-order valence-electron chi connectivity index (χ2n) is 7.15. The van der Waals surface area contributed by atoms with E-state index in [1.165, 1.54) is 30.6 Å². The molecule has 1 aliphatic rings. The Balaban J connectivity index is 1.96. The summed E-state index contributed by atoms with van der Waals surface area (Å²) in [6, 6.07) is 8.32. The number of benzene rings is 1. The summed E-state index contributed by atoms with van der Waals surface area (Å²) in [6.45, 7) is 3.62. The molecule has 5 nitrogen and oxygen atoms in total. The maximum Gasteiger partial charge on any atom is 0.284 e. The van der Waals surface area contributed by atoms with Crippen LogP contribution in [0, 0.1) is 17.6 Å². The summed E-state index contributed by atoms with van der Waals surface area (Å²) in [5.41, 5.74) is 0.0739. The van der Waals surface area contributed by atoms with Gasteiger partial charge < -0.3 is 10.3 Å². The van der Waals surface area contributed by atoms with E-state index in [2.05, 4.69) is 15.3 Å². The Morgan fingerprint density at radius 1 is 1.07 bits per heavy atom. The van der Waals surface area contributed by atoms with Crippen LogP contribution in [-0.2, 0) is 12.0 Å². The lowest BCUT2D eigenvalue weighted by molar-refractivity contribution is 0.449. The van der Waals surface area contributed by atoms with Crippen LogP contribution in [0.15, 0.2) is 58.6 Å². The molecule has 0 aliphatic carbocycles. The van der Waals surface area contributed by atoms with Crippen LogP contribution in [-0.4, -0.2) is 21.8 Å². The normalized spacial score (nSPS) is 20.7. The van der Waals surface area contributed by atoms with Crippen molar-refractivity contribution in [3.63, 3.8) is 0 Å². The van der Waals surface area contributed by atoms with Gasteiger partial charge in [0, 0.05) is 29.1 Å². The topological polar surface area (TPSA) is 70.1 Å². The van der Waals surface area contributed by atoms with Gasteiger partial charge in [0.1, 0.15) is 17.2 Å². The minimum atomic E-state index is -1.05. The van der Waals surface area contributed by atoms with Crippen LogP contribution in [0.4, 0.5) is 13.2 Å². The van der Waals surface area contributed by atoms with Gasteiger partial charge in [-0.15, -0.1) is 0 Å². The van der Waals surface area contributed by atoms with Gasteiger partial charge in [0.2, 0.25) is 5.95 Å². The van der Waals surface area contributed by atoms with Crippen molar-refractivity contribution in [1.82, 2.24) is 15.3 Å². The molecule has 2 aromatic heterocycles. The van der Waals surface area contributed by atoms with E-state index >= 15 is 0 Å². The first kappa shape index (κ1) is 19.9. The number of amidine groups is 1. The Morgan fingerprint density at radius 3 is 2.40 bits per heavy atom. The van der Waals surface area contributed by atoms with Crippen molar-refractivity contribution >= 4 is 5.84 Å². The SMILES string of the molecule is CCc1c(C2=N[C@](c3ccc(F)cc3)(c3ccc(F)nc3)[C@H](C)N2)c[nH]c(=O)c1F. The molecule has 3 heterocycles. The smallest absolute Gasteiger partial charge is 0.284 e. The molecule has 8 heteroatoms. The zero-order chi connectivity index (χ0) is 21.5. The van der Waals surface area contributed by atoms with Gasteiger partial charge in [-0.1, -0.05) is 25.1 Å². The molecule has 3 aromatic rings. The summed E-state index contributed by atoms with van der Waals surface area (Å²) in [4.78, 5) is 22.7. The van der Waals surface area contributed by atoms with E-state index in [1.54, 1.807) is 25.1 Å². The van der Waals surface area contributed by atoms with E-state index in [1.807, 2.05) is 6.92 Å². The van der Waals surface area contributed by atoms with Crippen molar-refractivity contribution in [2.75, 3.05) is 0 Å². The largest absolute Gasteiger partial charge is 0.364 e. The third-order valence-electron chi connectivity index (χ3n) is 5.47. The lowest BCUT2D eigenvalue weighted by Gasteiger charge is -2.31. The average Bonchev–Trinajstić information content (AvgIpc) is 3.09. The number of hydrogen-bond acceptors (Lipinski definition) is 4. The van der Waals surface area contributed by atoms with Gasteiger partial charge in [-0.2, -0.15) is 4.39 Å². The minimum absolute atomic E-state index is 0.240. The maximum atomic E-state index is 14.4. The summed E-state index contributed by atoms with van der Waals surface area (Å²) >= 11 is 0. The van der Waals surface area contributed by atoms with Crippen LogP contribution < -0.4 is 10.9 Å². The van der Waals surface area contributed by atoms with Crippen molar-refractivity contribution in [3.8, 4) is 0 Å². The number of aliphatic imine (C=N–C) groups is 1. The van der Waals surface area contributed by atoms with Crippen LogP contribution in [0.2, 0.25) is 0 Å². The average molecular weight is 412 g/mol. The fraction of sp³-hybridized carbons (Fsp3) is 0.227. The van der Waals surface area contributed by atoms with Crippen LogP contribution in [0.3, 0.4) is 0 Å². The number of pyridine rings is 2. The molecule has 0 fully saturated rings. The summed E-state index contributed by atoms with van der Waals surface area (Å²) in [5, 5.41) is 3.25. The molecule has 154 valence electrons. The predicted molar refractivity (Wildman–Crippen MR) is 107 cm³/mol. The van der Waals surface area contributed by atoms with Crippen molar-refractivity contribution in [2.24, 2.45) is 4.99 Å². The Labute approximate surface area is 170 Å². The number of rotatable bonds is 4. The molecule has 0 unspecified atom stereocenters. The van der Waals surface area contributed by atoms with E-state index in [-0.39, 0.29) is 11.6 Å². The molecule has 2 N–H and O–H groups in total. The van der Waals surface area contributed by atoms with Crippen molar-refractivity contribution < 1.29 is 13.2 Å². The van der Waals surface area contributed by atoms with E-state index < -0.39 is 28.7 Å². The number of nitrogens with zero attached hydrogens (tertiary/aromatic N) is 2. The van der Waals surface area contributed by atoms with Crippen molar-refractivity contribution in [2.45, 2.75) is 31.8 Å². The Morgan fingerprint density at radius 2 is 1.77 bits per heavy atom. The molecule has 1 aromatic carbocycles. The zero-order valence-electron chi connectivity index (χ0n) is 16.3. The standard InChI is InChI=1S/C22H19F3N4O/c1-3-16-17(11-27-21(30)19(16)25)20-28-12(2)22(29-20,13-4-7-15(23)8-5-13)14-6-9-18(24)26-10-14/h4-12H,3H2,1-2H3,(H,27,30)(H,28,29)/t12-,22+/m0/s1. The van der Waals surface area contributed by atoms with Gasteiger partial charge in [0.05, 0.1) is 6.04 Å². The van der Waals surface area contributed by atoms with Crippen LogP contribution >= 0.6 is 0 Å². The van der Waals surface area contributed by atoms with Crippen LogP contribution in [0.1, 0.15) is 36.1 Å². The first-order chi connectivity index (χ1) is 14.4. The molecule has 4 rings (SSSR count). The highest BCUT2D eigenvalue weighted by Gasteiger charge is 2.45. The monoisotopic (exact) mass is 412 g/mol. The van der Waals surface area contributed by atoms with E-state index in [0.717, 1.165) is 0 Å². The van der Waals surface area contributed by atoms with Gasteiger partial charge >= 0.3 is 0 Å². The second-order valence-corrected chi connectivity index (χ2v) is 7.15. The lowest BCUT2D eigenvalue weighted by Crippen LogP contribution is -2.41. The van der Waals surface area contributed by atoms with Crippen molar-refractivity contribution in [3.05, 3.63) is 99.0 Å². The third kappa shape index (κ3) is 3.08. The van der Waals surface area contributed by atoms with E-state index in [9.17, 15) is 18.0 Å². The van der Waals surface area contributed by atoms with Gasteiger partial charge in [0.25, 0.3) is 5.56 Å². The molecule has 1 aliphatic heterocycles. The number of nitrogens with one attached hydrogen (secondary N) is 2. The lowest BCUT2D eigenvalue weighted by atomic mass is 9.79. The van der Waals surface area contributed by atoms with Crippen LogP contribution in [0.5, 0.6) is 0 Å².